The Morgan fingerprint density at radius 3 is 2.59 bits per heavy atom. The Labute approximate surface area is 139 Å². The minimum Gasteiger partial charge on any atom is -0.479 e. The summed E-state index contributed by atoms with van der Waals surface area (Å²) in [5.74, 6) is 0.0761. The van der Waals surface area contributed by atoms with Crippen molar-refractivity contribution in [3.05, 3.63) is 52.0 Å². The summed E-state index contributed by atoms with van der Waals surface area (Å²) >= 11 is 11.8. The van der Waals surface area contributed by atoms with E-state index in [1.54, 1.807) is 37.3 Å². The molecule has 0 radical (unpaired) electrons. The van der Waals surface area contributed by atoms with Crippen LogP contribution in [0, 0.1) is 6.92 Å². The Balaban J connectivity index is 2.05. The lowest BCUT2D eigenvalue weighted by Gasteiger charge is -2.16. The quantitative estimate of drug-likeness (QED) is 0.817. The molecule has 1 atom stereocenters. The molecule has 0 aromatic heterocycles. The number of benzene rings is 2. The van der Waals surface area contributed by atoms with Gasteiger partial charge in [-0.15, -0.1) is 0 Å². The average Bonchev–Trinajstić information content (AvgIpc) is 2.44. The molecule has 1 amide bonds. The molecule has 0 aliphatic heterocycles. The summed E-state index contributed by atoms with van der Waals surface area (Å²) in [6, 6.07) is 10.2. The zero-order valence-electron chi connectivity index (χ0n) is 12.2. The summed E-state index contributed by atoms with van der Waals surface area (Å²) in [5, 5.41) is 3.58. The summed E-state index contributed by atoms with van der Waals surface area (Å²) in [7, 11) is 0. The van der Waals surface area contributed by atoms with E-state index in [1.807, 2.05) is 13.0 Å². The highest BCUT2D eigenvalue weighted by atomic mass is 35.5. The van der Waals surface area contributed by atoms with Gasteiger partial charge in [-0.2, -0.15) is 0 Å². The van der Waals surface area contributed by atoms with Crippen molar-refractivity contribution in [2.45, 2.75) is 20.0 Å². The van der Waals surface area contributed by atoms with Gasteiger partial charge in [0.2, 0.25) is 0 Å². The van der Waals surface area contributed by atoms with Gasteiger partial charge >= 0.3 is 0 Å². The SMILES string of the molecule is Cc1ccc(NC(=O)[C@@H](C)Oc2ccc(Cl)cc2Cl)c(N)c1. The molecular formula is C16H16Cl2N2O2. The molecule has 2 rings (SSSR count). The predicted molar refractivity (Wildman–Crippen MR) is 90.8 cm³/mol. The second-order valence-electron chi connectivity index (χ2n) is 4.91. The first-order valence-electron chi connectivity index (χ1n) is 6.65. The number of amides is 1. The minimum absolute atomic E-state index is 0.318. The average molecular weight is 339 g/mol. The van der Waals surface area contributed by atoms with Gasteiger partial charge in [0.25, 0.3) is 5.91 Å². The van der Waals surface area contributed by atoms with E-state index in [0.717, 1.165) is 5.56 Å². The van der Waals surface area contributed by atoms with Crippen LogP contribution in [-0.4, -0.2) is 12.0 Å². The molecule has 0 spiro atoms. The Morgan fingerprint density at radius 1 is 1.23 bits per heavy atom. The molecule has 2 aromatic rings. The van der Waals surface area contributed by atoms with E-state index in [9.17, 15) is 4.79 Å². The van der Waals surface area contributed by atoms with Crippen molar-refractivity contribution in [2.75, 3.05) is 11.1 Å². The van der Waals surface area contributed by atoms with Crippen molar-refractivity contribution in [3.63, 3.8) is 0 Å². The van der Waals surface area contributed by atoms with Crippen molar-refractivity contribution in [1.29, 1.82) is 0 Å². The number of aryl methyl sites for hydroxylation is 1. The van der Waals surface area contributed by atoms with Crippen LogP contribution in [0.5, 0.6) is 5.75 Å². The number of rotatable bonds is 4. The highest BCUT2D eigenvalue weighted by molar-refractivity contribution is 6.35. The third-order valence-electron chi connectivity index (χ3n) is 3.03. The zero-order chi connectivity index (χ0) is 16.3. The van der Waals surface area contributed by atoms with Gasteiger partial charge in [0.05, 0.1) is 16.4 Å². The lowest BCUT2D eigenvalue weighted by atomic mass is 10.2. The van der Waals surface area contributed by atoms with E-state index in [-0.39, 0.29) is 5.91 Å². The number of ether oxygens (including phenoxy) is 1. The molecule has 4 nitrogen and oxygen atoms in total. The van der Waals surface area contributed by atoms with Gasteiger partial charge in [-0.25, -0.2) is 0 Å². The lowest BCUT2D eigenvalue weighted by Crippen LogP contribution is -2.30. The first kappa shape index (κ1) is 16.5. The van der Waals surface area contributed by atoms with Crippen LogP contribution < -0.4 is 15.8 Å². The fourth-order valence-electron chi connectivity index (χ4n) is 1.85. The number of hydrogen-bond acceptors (Lipinski definition) is 3. The molecule has 0 aliphatic rings. The highest BCUT2D eigenvalue weighted by Gasteiger charge is 2.17. The van der Waals surface area contributed by atoms with Gasteiger partial charge in [-0.3, -0.25) is 4.79 Å². The molecule has 0 saturated heterocycles. The number of carbonyl (C=O) groups is 1. The summed E-state index contributed by atoms with van der Waals surface area (Å²) in [6.45, 7) is 3.56. The third-order valence-corrected chi connectivity index (χ3v) is 3.56. The van der Waals surface area contributed by atoms with Crippen LogP contribution in [0.3, 0.4) is 0 Å². The maximum atomic E-state index is 12.2. The fraction of sp³-hybridized carbons (Fsp3) is 0.188. The second kappa shape index (κ2) is 6.90. The smallest absolute Gasteiger partial charge is 0.265 e. The van der Waals surface area contributed by atoms with Gasteiger partial charge < -0.3 is 15.8 Å². The second-order valence-corrected chi connectivity index (χ2v) is 5.76. The fourth-order valence-corrected chi connectivity index (χ4v) is 2.30. The number of halogens is 2. The number of anilines is 2. The minimum atomic E-state index is -0.737. The molecule has 0 fully saturated rings. The maximum absolute atomic E-state index is 12.2. The predicted octanol–water partition coefficient (Wildman–Crippen LogP) is 4.29. The van der Waals surface area contributed by atoms with E-state index >= 15 is 0 Å². The topological polar surface area (TPSA) is 64.3 Å². The number of carbonyl (C=O) groups excluding carboxylic acids is 1. The number of nitrogens with two attached hydrogens (primary N) is 1. The number of nitrogen functional groups attached to an aromatic ring is 1. The van der Waals surface area contributed by atoms with E-state index < -0.39 is 6.10 Å². The van der Waals surface area contributed by atoms with Crippen LogP contribution in [0.1, 0.15) is 12.5 Å². The number of hydrogen-bond donors (Lipinski definition) is 2. The Bertz CT molecular complexity index is 705. The number of nitrogens with one attached hydrogen (secondary N) is 1. The van der Waals surface area contributed by atoms with E-state index in [4.69, 9.17) is 33.7 Å². The van der Waals surface area contributed by atoms with Crippen molar-refractivity contribution < 1.29 is 9.53 Å². The summed E-state index contributed by atoms with van der Waals surface area (Å²) < 4.78 is 5.55. The molecule has 0 unspecified atom stereocenters. The van der Waals surface area contributed by atoms with Crippen LogP contribution in [0.15, 0.2) is 36.4 Å². The first-order valence-corrected chi connectivity index (χ1v) is 7.41. The van der Waals surface area contributed by atoms with Crippen molar-refractivity contribution in [1.82, 2.24) is 0 Å². The standard InChI is InChI=1S/C16H16Cl2N2O2/c1-9-3-5-14(13(19)7-9)20-16(21)10(2)22-15-6-4-11(17)8-12(15)18/h3-8,10H,19H2,1-2H3,(H,20,21)/t10-/m1/s1. The van der Waals surface area contributed by atoms with Crippen LogP contribution >= 0.6 is 23.2 Å². The molecule has 6 heteroatoms. The summed E-state index contributed by atoms with van der Waals surface area (Å²) in [4.78, 5) is 12.2. The van der Waals surface area contributed by atoms with Crippen molar-refractivity contribution >= 4 is 40.5 Å². The molecule has 3 N–H and O–H groups in total. The van der Waals surface area contributed by atoms with Crippen LogP contribution in [-0.2, 0) is 4.79 Å². The largest absolute Gasteiger partial charge is 0.479 e. The van der Waals surface area contributed by atoms with E-state index in [2.05, 4.69) is 5.32 Å². The van der Waals surface area contributed by atoms with E-state index in [1.165, 1.54) is 0 Å². The maximum Gasteiger partial charge on any atom is 0.265 e. The molecule has 0 aliphatic carbocycles. The van der Waals surface area contributed by atoms with Crippen molar-refractivity contribution in [2.24, 2.45) is 0 Å². The van der Waals surface area contributed by atoms with E-state index in [0.29, 0.717) is 27.2 Å². The van der Waals surface area contributed by atoms with Crippen molar-refractivity contribution in [3.8, 4) is 5.75 Å². The molecule has 0 saturated carbocycles. The zero-order valence-corrected chi connectivity index (χ0v) is 13.7. The summed E-state index contributed by atoms with van der Waals surface area (Å²) in [6.07, 6.45) is -0.737. The normalized spacial score (nSPS) is 11.8. The molecule has 22 heavy (non-hydrogen) atoms. The van der Waals surface area contributed by atoms with Gasteiger partial charge in [-0.1, -0.05) is 29.3 Å². The third kappa shape index (κ3) is 4.06. The molecule has 0 heterocycles. The lowest BCUT2D eigenvalue weighted by molar-refractivity contribution is -0.122. The highest BCUT2D eigenvalue weighted by Crippen LogP contribution is 2.28. The first-order chi connectivity index (χ1) is 10.4. The Kier molecular flexibility index (Phi) is 5.16. The van der Waals surface area contributed by atoms with Gasteiger partial charge in [0.1, 0.15) is 5.75 Å². The van der Waals surface area contributed by atoms with Crippen LogP contribution in [0.25, 0.3) is 0 Å². The monoisotopic (exact) mass is 338 g/mol. The molecule has 2 aromatic carbocycles. The molecule has 0 bridgehead atoms. The molecule has 116 valence electrons. The van der Waals surface area contributed by atoms with Gasteiger partial charge in [0.15, 0.2) is 6.10 Å². The Morgan fingerprint density at radius 2 is 1.95 bits per heavy atom. The van der Waals surface area contributed by atoms with Crippen LogP contribution in [0.2, 0.25) is 10.0 Å². The Hall–Kier alpha value is -1.91. The molecular weight excluding hydrogens is 323 g/mol. The van der Waals surface area contributed by atoms with Gasteiger partial charge in [0, 0.05) is 5.02 Å². The summed E-state index contributed by atoms with van der Waals surface area (Å²) in [5.41, 5.74) is 7.95. The van der Waals surface area contributed by atoms with Gasteiger partial charge in [-0.05, 0) is 49.7 Å². The van der Waals surface area contributed by atoms with Crippen LogP contribution in [0.4, 0.5) is 11.4 Å².